The van der Waals surface area contributed by atoms with Gasteiger partial charge in [-0.05, 0) is 26.8 Å². The predicted molar refractivity (Wildman–Crippen MR) is 146 cm³/mol. The number of carbonyl (C=O) groups excluding carboxylic acids is 3. The van der Waals surface area contributed by atoms with Crippen LogP contribution in [0, 0.1) is 5.41 Å². The lowest BCUT2D eigenvalue weighted by molar-refractivity contribution is -0.149. The highest BCUT2D eigenvalue weighted by Gasteiger charge is 2.47. The lowest BCUT2D eigenvalue weighted by Crippen LogP contribution is -2.48. The van der Waals surface area contributed by atoms with Crippen molar-refractivity contribution in [2.75, 3.05) is 19.0 Å². The summed E-state index contributed by atoms with van der Waals surface area (Å²) in [5.41, 5.74) is -0.167. The maximum atomic E-state index is 13.6. The molecule has 15 heteroatoms. The molecule has 0 spiro atoms. The van der Waals surface area contributed by atoms with E-state index in [-0.39, 0.29) is 24.1 Å². The molecule has 0 saturated carbocycles. The molecule has 4 N–H and O–H groups in total. The number of aliphatic hydroxyl groups excluding tert-OH is 2. The molecule has 12 nitrogen and oxygen atoms in total. The topological polar surface area (TPSA) is 164 Å². The third-order valence-electron chi connectivity index (χ3n) is 5.21. The van der Waals surface area contributed by atoms with Crippen molar-refractivity contribution < 1.29 is 42.9 Å². The van der Waals surface area contributed by atoms with Crippen LogP contribution in [0.2, 0.25) is 0 Å². The number of nitrogens with zero attached hydrogens (tertiary/aromatic N) is 1. The van der Waals surface area contributed by atoms with Crippen LogP contribution in [0.3, 0.4) is 0 Å². The van der Waals surface area contributed by atoms with E-state index in [0.29, 0.717) is 5.70 Å². The number of hydrogen-bond donors (Lipinski definition) is 4. The number of esters is 1. The van der Waals surface area contributed by atoms with Gasteiger partial charge in [-0.3, -0.25) is 23.5 Å². The molecule has 0 bridgehead atoms. The molecule has 0 unspecified atom stereocenters. The Balaban J connectivity index is 2.07. The first-order valence-electron chi connectivity index (χ1n) is 12.1. The zero-order valence-corrected chi connectivity index (χ0v) is 24.9. The lowest BCUT2D eigenvalue weighted by atomic mass is 10.00. The summed E-state index contributed by atoms with van der Waals surface area (Å²) in [5, 5.41) is 24.6. The van der Waals surface area contributed by atoms with Crippen molar-refractivity contribution in [1.29, 1.82) is 0 Å². The monoisotopic (exact) mass is 595 g/mol. The van der Waals surface area contributed by atoms with Crippen LogP contribution in [-0.2, 0) is 27.9 Å². The normalized spacial score (nSPS) is 26.3. The van der Waals surface area contributed by atoms with Gasteiger partial charge in [0.25, 0.3) is 0 Å². The summed E-state index contributed by atoms with van der Waals surface area (Å²) >= 11 is 2.09. The van der Waals surface area contributed by atoms with Crippen LogP contribution in [-0.4, -0.2) is 86.2 Å². The van der Waals surface area contributed by atoms with Gasteiger partial charge in [-0.25, -0.2) is 14.4 Å². The van der Waals surface area contributed by atoms with Crippen molar-refractivity contribution in [3.63, 3.8) is 0 Å². The van der Waals surface area contributed by atoms with E-state index < -0.39 is 60.1 Å². The minimum Gasteiger partial charge on any atom is -0.462 e. The maximum absolute atomic E-state index is 13.6. The molecule has 38 heavy (non-hydrogen) atoms. The van der Waals surface area contributed by atoms with Crippen LogP contribution in [0.15, 0.2) is 24.6 Å². The average Bonchev–Trinajstić information content (AvgIpc) is 3.08. The van der Waals surface area contributed by atoms with E-state index in [1.807, 2.05) is 0 Å². The molecule has 216 valence electrons. The summed E-state index contributed by atoms with van der Waals surface area (Å²) in [6.07, 6.45) is -0.0193. The van der Waals surface area contributed by atoms with Crippen molar-refractivity contribution in [2.45, 2.75) is 76.5 Å². The molecule has 2 aliphatic rings. The van der Waals surface area contributed by atoms with E-state index in [1.54, 1.807) is 40.7 Å². The quantitative estimate of drug-likeness (QED) is 0.148. The molecular weight excluding hydrogens is 557 g/mol. The van der Waals surface area contributed by atoms with Crippen LogP contribution >= 0.6 is 31.3 Å². The number of allylic oxidation sites excluding steroid dienone is 1. The molecule has 2 amide bonds. The Kier molecular flexibility index (Phi) is 11.9. The summed E-state index contributed by atoms with van der Waals surface area (Å²) in [5.74, 6) is -0.473. The van der Waals surface area contributed by atoms with Gasteiger partial charge in [-0.2, -0.15) is 0 Å². The maximum Gasteiger partial charge on any atom is 0.406 e. The standard InChI is InChI=1S/C23H38N3O9PS2/c1-13(2)35-20(29)15(4)25-36(32,33-10-11-37-21(30)23(5,6)7)34-12-16-17(27)18(28)19(38-16)26-9-8-14(3)24-22(26)31/h8-9,13,15-19,27-28H,3,10-12H2,1-2,4-7H3,(H,24,31)(H,25,32)/t15-,16-,17-,18-,19-,36+/m1/s1. The molecule has 6 atom stereocenters. The zero-order valence-electron chi connectivity index (χ0n) is 22.4. The molecule has 0 aromatic rings. The minimum absolute atomic E-state index is 0.0661. The van der Waals surface area contributed by atoms with Crippen molar-refractivity contribution >= 4 is 48.4 Å². The van der Waals surface area contributed by atoms with Gasteiger partial charge in [-0.1, -0.05) is 39.1 Å². The van der Waals surface area contributed by atoms with Gasteiger partial charge in [0.05, 0.1) is 30.7 Å². The number of carbonyl (C=O) groups is 3. The Hall–Kier alpha value is -1.38. The summed E-state index contributed by atoms with van der Waals surface area (Å²) in [6.45, 7) is 13.3. The molecule has 1 fully saturated rings. The van der Waals surface area contributed by atoms with E-state index in [2.05, 4.69) is 17.0 Å². The summed E-state index contributed by atoms with van der Waals surface area (Å²) < 4.78 is 29.8. The van der Waals surface area contributed by atoms with Gasteiger partial charge in [0.15, 0.2) is 5.12 Å². The molecule has 0 aromatic carbocycles. The number of rotatable bonds is 12. The van der Waals surface area contributed by atoms with E-state index in [0.717, 1.165) is 23.5 Å². The fourth-order valence-electron chi connectivity index (χ4n) is 3.19. The van der Waals surface area contributed by atoms with Crippen LogP contribution in [0.25, 0.3) is 0 Å². The number of urea groups is 1. The van der Waals surface area contributed by atoms with E-state index in [9.17, 15) is 29.2 Å². The molecular formula is C23H38N3O9PS2. The Bertz CT molecular complexity index is 972. The molecule has 2 heterocycles. The van der Waals surface area contributed by atoms with E-state index in [1.165, 1.54) is 18.0 Å². The van der Waals surface area contributed by atoms with Gasteiger partial charge < -0.3 is 20.3 Å². The Morgan fingerprint density at radius 2 is 1.92 bits per heavy atom. The number of nitrogens with one attached hydrogen (secondary N) is 2. The Morgan fingerprint density at radius 1 is 1.26 bits per heavy atom. The lowest BCUT2D eigenvalue weighted by Gasteiger charge is -2.30. The van der Waals surface area contributed by atoms with Gasteiger partial charge >= 0.3 is 19.7 Å². The van der Waals surface area contributed by atoms with Crippen molar-refractivity contribution in [3.05, 3.63) is 24.6 Å². The average molecular weight is 596 g/mol. The van der Waals surface area contributed by atoms with Gasteiger partial charge in [-0.15, -0.1) is 11.8 Å². The number of aliphatic hydroxyl groups is 2. The first-order chi connectivity index (χ1) is 17.5. The largest absolute Gasteiger partial charge is 0.462 e. The number of thioether (sulfide) groups is 2. The second-order valence-electron chi connectivity index (χ2n) is 10.1. The Labute approximate surface area is 231 Å². The number of amides is 2. The zero-order chi connectivity index (χ0) is 28.8. The molecule has 2 aliphatic heterocycles. The van der Waals surface area contributed by atoms with Crippen molar-refractivity contribution in [2.24, 2.45) is 5.41 Å². The molecule has 1 saturated heterocycles. The van der Waals surface area contributed by atoms with Crippen molar-refractivity contribution in [3.8, 4) is 0 Å². The molecule has 2 rings (SSSR count). The summed E-state index contributed by atoms with van der Waals surface area (Å²) in [4.78, 5) is 38.0. The minimum atomic E-state index is -4.14. The van der Waals surface area contributed by atoms with Gasteiger partial charge in [0, 0.05) is 23.1 Å². The van der Waals surface area contributed by atoms with E-state index in [4.69, 9.17) is 13.8 Å². The fourth-order valence-corrected chi connectivity index (χ4v) is 7.14. The van der Waals surface area contributed by atoms with Crippen molar-refractivity contribution in [1.82, 2.24) is 15.3 Å². The third-order valence-corrected chi connectivity index (χ3v) is 9.72. The first-order valence-corrected chi connectivity index (χ1v) is 15.5. The van der Waals surface area contributed by atoms with Gasteiger partial charge in [0.1, 0.15) is 17.5 Å². The number of hydrogen-bond acceptors (Lipinski definition) is 11. The predicted octanol–water partition coefficient (Wildman–Crippen LogP) is 2.58. The van der Waals surface area contributed by atoms with E-state index >= 15 is 0 Å². The number of ether oxygens (including phenoxy) is 1. The first kappa shape index (κ1) is 32.8. The smallest absolute Gasteiger partial charge is 0.406 e. The molecule has 0 aromatic heterocycles. The highest BCUT2D eigenvalue weighted by atomic mass is 32.2. The fraction of sp³-hybridized carbons (Fsp3) is 0.696. The van der Waals surface area contributed by atoms with Crippen LogP contribution in [0.1, 0.15) is 41.5 Å². The van der Waals surface area contributed by atoms with Crippen LogP contribution in [0.5, 0.6) is 0 Å². The van der Waals surface area contributed by atoms with Crippen LogP contribution in [0.4, 0.5) is 4.79 Å². The second-order valence-corrected chi connectivity index (χ2v) is 14.3. The summed E-state index contributed by atoms with van der Waals surface area (Å²) in [6, 6.07) is -1.57. The summed E-state index contributed by atoms with van der Waals surface area (Å²) in [7, 11) is -4.14. The highest BCUT2D eigenvalue weighted by Crippen LogP contribution is 2.47. The Morgan fingerprint density at radius 3 is 2.50 bits per heavy atom. The van der Waals surface area contributed by atoms with Gasteiger partial charge in [0.2, 0.25) is 0 Å². The highest BCUT2D eigenvalue weighted by molar-refractivity contribution is 8.13. The second kappa shape index (κ2) is 13.8. The molecule has 0 radical (unpaired) electrons. The molecule has 0 aliphatic carbocycles. The SMILES string of the molecule is C=C1C=CN([C@@H]2S[C@H](CO[P@](=O)(N[C@H](C)C(=O)OC(C)C)OCCSC(=O)C(C)(C)C)[C@@H](O)[C@H]2O)C(=O)N1. The van der Waals surface area contributed by atoms with Crippen LogP contribution < -0.4 is 10.4 Å². The third kappa shape index (κ3) is 9.37.